The normalized spacial score (nSPS) is 9.76. The van der Waals surface area contributed by atoms with Crippen LogP contribution in [-0.4, -0.2) is 12.5 Å². The summed E-state index contributed by atoms with van der Waals surface area (Å²) in [5, 5.41) is 11.2. The lowest BCUT2D eigenvalue weighted by molar-refractivity contribution is 0.102. The molecule has 0 aliphatic carbocycles. The van der Waals surface area contributed by atoms with Crippen LogP contribution in [0.3, 0.4) is 0 Å². The molecule has 0 saturated carbocycles. The molecule has 0 spiro atoms. The van der Waals surface area contributed by atoms with Crippen molar-refractivity contribution >= 4 is 34.2 Å². The van der Waals surface area contributed by atoms with E-state index >= 15 is 0 Å². The molecule has 0 fully saturated rings. The number of hydrogen-bond donors (Lipinski definition) is 1. The first-order chi connectivity index (χ1) is 10.1. The summed E-state index contributed by atoms with van der Waals surface area (Å²) in [6.45, 7) is -0.110. The summed E-state index contributed by atoms with van der Waals surface area (Å²) in [4.78, 5) is 12.2. The zero-order chi connectivity index (χ0) is 15.2. The number of halogens is 2. The van der Waals surface area contributed by atoms with Gasteiger partial charge in [-0.3, -0.25) is 4.79 Å². The van der Waals surface area contributed by atoms with Crippen LogP contribution in [0.5, 0.6) is 5.75 Å². The maximum absolute atomic E-state index is 13.1. The number of ether oxygens (including phenoxy) is 1. The molecule has 0 saturated heterocycles. The van der Waals surface area contributed by atoms with E-state index in [1.165, 1.54) is 18.2 Å². The molecule has 106 valence electrons. The first-order valence-corrected chi connectivity index (χ1v) is 7.05. The van der Waals surface area contributed by atoms with Crippen LogP contribution in [0.25, 0.3) is 0 Å². The molecule has 2 aromatic rings. The molecule has 2 rings (SSSR count). The van der Waals surface area contributed by atoms with Gasteiger partial charge in [-0.1, -0.05) is 12.1 Å². The second-order valence-corrected chi connectivity index (χ2v) is 5.18. The van der Waals surface area contributed by atoms with Crippen LogP contribution in [0.15, 0.2) is 42.5 Å². The van der Waals surface area contributed by atoms with Crippen molar-refractivity contribution in [2.45, 2.75) is 0 Å². The van der Waals surface area contributed by atoms with E-state index in [2.05, 4.69) is 5.32 Å². The van der Waals surface area contributed by atoms with E-state index in [0.717, 1.165) is 0 Å². The van der Waals surface area contributed by atoms with E-state index in [9.17, 15) is 9.18 Å². The minimum atomic E-state index is -0.395. The predicted octanol–water partition coefficient (Wildman–Crippen LogP) is 3.58. The third-order valence-corrected chi connectivity index (χ3v) is 3.50. The van der Waals surface area contributed by atoms with Gasteiger partial charge in [-0.25, -0.2) is 4.39 Å². The Morgan fingerprint density at radius 2 is 2.10 bits per heavy atom. The molecule has 0 atom stereocenters. The topological polar surface area (TPSA) is 62.1 Å². The van der Waals surface area contributed by atoms with Crippen LogP contribution in [0.1, 0.15) is 10.4 Å². The van der Waals surface area contributed by atoms with Gasteiger partial charge >= 0.3 is 0 Å². The van der Waals surface area contributed by atoms with Gasteiger partial charge in [-0.05, 0) is 52.9 Å². The van der Waals surface area contributed by atoms with Crippen molar-refractivity contribution in [2.24, 2.45) is 0 Å². The van der Waals surface area contributed by atoms with Crippen molar-refractivity contribution in [3.63, 3.8) is 0 Å². The van der Waals surface area contributed by atoms with Crippen molar-refractivity contribution in [1.29, 1.82) is 5.26 Å². The summed E-state index contributed by atoms with van der Waals surface area (Å²) in [7, 11) is 0. The zero-order valence-electron chi connectivity index (χ0n) is 10.8. The Balaban J connectivity index is 2.22. The largest absolute Gasteiger partial charge is 0.477 e. The Kier molecular flexibility index (Phi) is 5.11. The lowest BCUT2D eigenvalue weighted by Gasteiger charge is -2.11. The van der Waals surface area contributed by atoms with E-state index in [1.54, 1.807) is 24.3 Å². The minimum absolute atomic E-state index is 0.110. The first-order valence-electron chi connectivity index (χ1n) is 5.97. The molecule has 1 N–H and O–H groups in total. The molecule has 4 nitrogen and oxygen atoms in total. The quantitative estimate of drug-likeness (QED) is 0.804. The lowest BCUT2D eigenvalue weighted by atomic mass is 10.2. The molecule has 0 bridgehead atoms. The third kappa shape index (κ3) is 3.92. The molecule has 0 aliphatic rings. The fraction of sp³-hybridized carbons (Fsp3) is 0.0667. The van der Waals surface area contributed by atoms with Crippen molar-refractivity contribution in [2.75, 3.05) is 11.9 Å². The number of carbonyl (C=O) groups excluding carboxylic acids is 1. The average molecular weight is 396 g/mol. The summed E-state index contributed by atoms with van der Waals surface area (Å²) < 4.78 is 18.8. The maximum Gasteiger partial charge on any atom is 0.256 e. The molecule has 1 amide bonds. The highest BCUT2D eigenvalue weighted by atomic mass is 127. The Bertz CT molecular complexity index is 713. The highest BCUT2D eigenvalue weighted by Gasteiger charge is 2.13. The molecule has 0 aliphatic heterocycles. The van der Waals surface area contributed by atoms with Crippen molar-refractivity contribution in [3.8, 4) is 11.8 Å². The minimum Gasteiger partial charge on any atom is -0.477 e. The van der Waals surface area contributed by atoms with Crippen LogP contribution >= 0.6 is 22.6 Å². The Labute approximate surface area is 134 Å². The molecule has 0 aromatic heterocycles. The number of hydrogen-bond acceptors (Lipinski definition) is 3. The molecule has 21 heavy (non-hydrogen) atoms. The van der Waals surface area contributed by atoms with Gasteiger partial charge in [0.05, 0.1) is 11.3 Å². The van der Waals surface area contributed by atoms with Gasteiger partial charge in [0.1, 0.15) is 17.6 Å². The second kappa shape index (κ2) is 7.04. The number of anilines is 1. The third-order valence-electron chi connectivity index (χ3n) is 2.60. The molecule has 0 unspecified atom stereocenters. The summed E-state index contributed by atoms with van der Waals surface area (Å²) in [5.74, 6) is -0.356. The highest BCUT2D eigenvalue weighted by molar-refractivity contribution is 14.1. The molecular weight excluding hydrogens is 386 g/mol. The van der Waals surface area contributed by atoms with E-state index in [4.69, 9.17) is 10.00 Å². The Hall–Kier alpha value is -2.14. The van der Waals surface area contributed by atoms with Gasteiger partial charge in [-0.15, -0.1) is 0 Å². The van der Waals surface area contributed by atoms with Crippen molar-refractivity contribution < 1.29 is 13.9 Å². The van der Waals surface area contributed by atoms with Crippen LogP contribution < -0.4 is 10.1 Å². The maximum atomic E-state index is 13.1. The van der Waals surface area contributed by atoms with Gasteiger partial charge in [0.15, 0.2) is 6.61 Å². The van der Waals surface area contributed by atoms with Crippen molar-refractivity contribution in [3.05, 3.63) is 57.4 Å². The lowest BCUT2D eigenvalue weighted by Crippen LogP contribution is -2.14. The number of carbonyl (C=O) groups is 1. The molecule has 0 heterocycles. The van der Waals surface area contributed by atoms with Crippen LogP contribution in [-0.2, 0) is 0 Å². The number of nitriles is 1. The van der Waals surface area contributed by atoms with Gasteiger partial charge in [0, 0.05) is 3.57 Å². The van der Waals surface area contributed by atoms with Crippen LogP contribution in [0.4, 0.5) is 10.1 Å². The number of nitrogens with zero attached hydrogens (tertiary/aromatic N) is 1. The number of benzene rings is 2. The van der Waals surface area contributed by atoms with Gasteiger partial charge in [0.25, 0.3) is 5.91 Å². The van der Waals surface area contributed by atoms with Crippen LogP contribution in [0, 0.1) is 20.7 Å². The first kappa shape index (κ1) is 15.3. The zero-order valence-corrected chi connectivity index (χ0v) is 12.9. The SMILES string of the molecule is N#CCOc1ccccc1NC(=O)c1ccc(F)cc1I. The van der Waals surface area contributed by atoms with E-state index < -0.39 is 5.82 Å². The van der Waals surface area contributed by atoms with Gasteiger partial charge < -0.3 is 10.1 Å². The molecule has 0 radical (unpaired) electrons. The van der Waals surface area contributed by atoms with E-state index in [0.29, 0.717) is 20.6 Å². The smallest absolute Gasteiger partial charge is 0.256 e. The summed E-state index contributed by atoms with van der Waals surface area (Å²) >= 11 is 1.90. The predicted molar refractivity (Wildman–Crippen MR) is 84.6 cm³/mol. The standard InChI is InChI=1S/C15H10FIN2O2/c16-10-5-6-11(12(17)9-10)15(20)19-13-3-1-2-4-14(13)21-8-7-18/h1-6,9H,8H2,(H,19,20). The Morgan fingerprint density at radius 1 is 1.33 bits per heavy atom. The van der Waals surface area contributed by atoms with E-state index in [-0.39, 0.29) is 12.5 Å². The van der Waals surface area contributed by atoms with Gasteiger partial charge in [-0.2, -0.15) is 5.26 Å². The average Bonchev–Trinajstić information content (AvgIpc) is 2.46. The Morgan fingerprint density at radius 3 is 2.81 bits per heavy atom. The number of para-hydroxylation sites is 2. The highest BCUT2D eigenvalue weighted by Crippen LogP contribution is 2.25. The van der Waals surface area contributed by atoms with Crippen molar-refractivity contribution in [1.82, 2.24) is 0 Å². The van der Waals surface area contributed by atoms with Gasteiger partial charge in [0.2, 0.25) is 0 Å². The molecule has 6 heteroatoms. The summed E-state index contributed by atoms with van der Waals surface area (Å²) in [5.41, 5.74) is 0.824. The molecular formula is C15H10FIN2O2. The monoisotopic (exact) mass is 396 g/mol. The number of nitrogens with one attached hydrogen (secondary N) is 1. The summed E-state index contributed by atoms with van der Waals surface area (Å²) in [6, 6.07) is 12.6. The number of rotatable bonds is 4. The fourth-order valence-electron chi connectivity index (χ4n) is 1.67. The van der Waals surface area contributed by atoms with E-state index in [1.807, 2.05) is 28.7 Å². The fourth-order valence-corrected chi connectivity index (χ4v) is 2.39. The van der Waals surface area contributed by atoms with Crippen LogP contribution in [0.2, 0.25) is 0 Å². The second-order valence-electron chi connectivity index (χ2n) is 4.02. The molecule has 2 aromatic carbocycles. The number of amides is 1. The summed E-state index contributed by atoms with van der Waals surface area (Å²) in [6.07, 6.45) is 0.